The van der Waals surface area contributed by atoms with E-state index in [4.69, 9.17) is 11.6 Å². The Labute approximate surface area is 125 Å². The van der Waals surface area contributed by atoms with Crippen LogP contribution in [0.1, 0.15) is 16.7 Å². The molecular formula is C15H10ClN3O2. The third-order valence-corrected chi connectivity index (χ3v) is 3.46. The van der Waals surface area contributed by atoms with Crippen LogP contribution in [0, 0.1) is 10.1 Å². The quantitative estimate of drug-likeness (QED) is 0.627. The van der Waals surface area contributed by atoms with E-state index in [2.05, 4.69) is 10.2 Å². The van der Waals surface area contributed by atoms with Gasteiger partial charge in [-0.25, -0.2) is 0 Å². The molecule has 6 heteroatoms. The van der Waals surface area contributed by atoms with Gasteiger partial charge in [0.2, 0.25) is 0 Å². The molecular weight excluding hydrogens is 290 g/mol. The van der Waals surface area contributed by atoms with Crippen LogP contribution in [0.2, 0.25) is 5.02 Å². The maximum atomic E-state index is 10.7. The van der Waals surface area contributed by atoms with Crippen LogP contribution in [0.5, 0.6) is 0 Å². The van der Waals surface area contributed by atoms with Crippen LogP contribution in [0.15, 0.2) is 52.7 Å². The average Bonchev–Trinajstić information content (AvgIpc) is 2.69. The molecule has 0 saturated heterocycles. The normalized spacial score (nSPS) is 13.3. The molecule has 0 aromatic heterocycles. The molecule has 1 aliphatic rings. The van der Waals surface area contributed by atoms with Crippen molar-refractivity contribution in [2.24, 2.45) is 10.2 Å². The topological polar surface area (TPSA) is 67.9 Å². The highest BCUT2D eigenvalue weighted by atomic mass is 35.5. The molecule has 2 aromatic carbocycles. The lowest BCUT2D eigenvalue weighted by molar-refractivity contribution is -0.384. The van der Waals surface area contributed by atoms with Crippen molar-refractivity contribution < 1.29 is 4.92 Å². The van der Waals surface area contributed by atoms with Gasteiger partial charge < -0.3 is 0 Å². The summed E-state index contributed by atoms with van der Waals surface area (Å²) in [7, 11) is 0. The van der Waals surface area contributed by atoms with E-state index in [0.717, 1.165) is 16.7 Å². The first kappa shape index (κ1) is 13.5. The molecule has 0 amide bonds. The Balaban J connectivity index is 2.10. The van der Waals surface area contributed by atoms with Gasteiger partial charge in [-0.1, -0.05) is 17.7 Å². The van der Waals surface area contributed by atoms with Crippen LogP contribution in [0.4, 0.5) is 5.69 Å². The van der Waals surface area contributed by atoms with Crippen molar-refractivity contribution in [3.8, 4) is 0 Å². The number of hydrogen-bond acceptors (Lipinski definition) is 4. The first-order valence-electron chi connectivity index (χ1n) is 6.28. The molecule has 1 aliphatic heterocycles. The number of non-ortho nitro benzene ring substituents is 1. The van der Waals surface area contributed by atoms with Crippen LogP contribution in [0.3, 0.4) is 0 Å². The molecule has 104 valence electrons. The lowest BCUT2D eigenvalue weighted by Gasteiger charge is -2.09. The van der Waals surface area contributed by atoms with Gasteiger partial charge in [0, 0.05) is 40.9 Å². The summed E-state index contributed by atoms with van der Waals surface area (Å²) in [4.78, 5) is 10.3. The third-order valence-electron chi connectivity index (χ3n) is 3.23. The summed E-state index contributed by atoms with van der Waals surface area (Å²) in [5.74, 6) is 0. The Kier molecular flexibility index (Phi) is 3.50. The number of nitro groups is 1. The molecule has 0 radical (unpaired) electrons. The standard InChI is InChI=1S/C15H10ClN3O2/c16-12-4-1-10-7-8-17-18-15(14(10)9-12)11-2-5-13(6-3-11)19(20)21/h1-6,8-9H,7H2. The van der Waals surface area contributed by atoms with Gasteiger partial charge in [0.05, 0.1) is 4.92 Å². The molecule has 1 heterocycles. The molecule has 0 bridgehead atoms. The van der Waals surface area contributed by atoms with Gasteiger partial charge >= 0.3 is 0 Å². The lowest BCUT2D eigenvalue weighted by atomic mass is 9.96. The van der Waals surface area contributed by atoms with Gasteiger partial charge in [0.25, 0.3) is 5.69 Å². The molecule has 0 aliphatic carbocycles. The first-order chi connectivity index (χ1) is 10.1. The van der Waals surface area contributed by atoms with Gasteiger partial charge in [-0.2, -0.15) is 10.2 Å². The molecule has 0 spiro atoms. The summed E-state index contributed by atoms with van der Waals surface area (Å²) in [6.07, 6.45) is 2.40. The van der Waals surface area contributed by atoms with Crippen molar-refractivity contribution in [1.29, 1.82) is 0 Å². The number of halogens is 1. The zero-order chi connectivity index (χ0) is 14.8. The predicted molar refractivity (Wildman–Crippen MR) is 82.4 cm³/mol. The van der Waals surface area contributed by atoms with Crippen molar-refractivity contribution in [2.75, 3.05) is 0 Å². The maximum Gasteiger partial charge on any atom is 0.269 e. The van der Waals surface area contributed by atoms with E-state index in [1.807, 2.05) is 18.2 Å². The summed E-state index contributed by atoms with van der Waals surface area (Å²) >= 11 is 6.06. The van der Waals surface area contributed by atoms with Crippen molar-refractivity contribution in [2.45, 2.75) is 6.42 Å². The molecule has 0 unspecified atom stereocenters. The Morgan fingerprint density at radius 1 is 1.14 bits per heavy atom. The van der Waals surface area contributed by atoms with Crippen molar-refractivity contribution in [3.63, 3.8) is 0 Å². The number of fused-ring (bicyclic) bond motifs is 1. The molecule has 0 fully saturated rings. The molecule has 0 N–H and O–H groups in total. The molecule has 0 atom stereocenters. The molecule has 2 aromatic rings. The smallest absolute Gasteiger partial charge is 0.258 e. The summed E-state index contributed by atoms with van der Waals surface area (Å²) < 4.78 is 0. The summed E-state index contributed by atoms with van der Waals surface area (Å²) in [6.45, 7) is 0. The van der Waals surface area contributed by atoms with Gasteiger partial charge in [0.15, 0.2) is 0 Å². The van der Waals surface area contributed by atoms with Gasteiger partial charge in [-0.3, -0.25) is 10.1 Å². The fraction of sp³-hybridized carbons (Fsp3) is 0.0667. The number of nitro benzene ring substituents is 1. The lowest BCUT2D eigenvalue weighted by Crippen LogP contribution is -2.06. The third kappa shape index (κ3) is 2.68. The fourth-order valence-electron chi connectivity index (χ4n) is 2.19. The largest absolute Gasteiger partial charge is 0.269 e. The second-order valence-corrected chi connectivity index (χ2v) is 4.99. The molecule has 21 heavy (non-hydrogen) atoms. The van der Waals surface area contributed by atoms with Crippen molar-refractivity contribution in [3.05, 3.63) is 74.3 Å². The summed E-state index contributed by atoms with van der Waals surface area (Å²) in [6, 6.07) is 11.9. The average molecular weight is 300 g/mol. The number of nitrogens with zero attached hydrogens (tertiary/aromatic N) is 3. The maximum absolute atomic E-state index is 10.7. The second-order valence-electron chi connectivity index (χ2n) is 4.56. The zero-order valence-electron chi connectivity index (χ0n) is 10.9. The number of hydrogen-bond donors (Lipinski definition) is 0. The van der Waals surface area contributed by atoms with Crippen LogP contribution in [-0.2, 0) is 6.42 Å². The van der Waals surface area contributed by atoms with E-state index >= 15 is 0 Å². The van der Waals surface area contributed by atoms with E-state index in [1.54, 1.807) is 18.3 Å². The van der Waals surface area contributed by atoms with E-state index in [-0.39, 0.29) is 5.69 Å². The van der Waals surface area contributed by atoms with Crippen LogP contribution >= 0.6 is 11.6 Å². The number of rotatable bonds is 2. The Bertz CT molecular complexity index is 767. The van der Waals surface area contributed by atoms with E-state index < -0.39 is 4.92 Å². The highest BCUT2D eigenvalue weighted by Crippen LogP contribution is 2.23. The van der Waals surface area contributed by atoms with E-state index in [9.17, 15) is 10.1 Å². The minimum absolute atomic E-state index is 0.0443. The molecule has 0 saturated carbocycles. The Morgan fingerprint density at radius 2 is 1.90 bits per heavy atom. The van der Waals surface area contributed by atoms with Crippen LogP contribution < -0.4 is 0 Å². The van der Waals surface area contributed by atoms with Gasteiger partial charge in [0.1, 0.15) is 5.71 Å². The van der Waals surface area contributed by atoms with E-state index in [0.29, 0.717) is 17.2 Å². The van der Waals surface area contributed by atoms with Crippen molar-refractivity contribution in [1.82, 2.24) is 0 Å². The minimum atomic E-state index is -0.429. The zero-order valence-corrected chi connectivity index (χ0v) is 11.6. The summed E-state index contributed by atoms with van der Waals surface area (Å²) in [5.41, 5.74) is 3.44. The van der Waals surface area contributed by atoms with E-state index in [1.165, 1.54) is 12.1 Å². The van der Waals surface area contributed by atoms with Crippen molar-refractivity contribution >= 4 is 29.2 Å². The highest BCUT2D eigenvalue weighted by molar-refractivity contribution is 6.31. The Hall–Kier alpha value is -2.53. The fourth-order valence-corrected chi connectivity index (χ4v) is 2.37. The first-order valence-corrected chi connectivity index (χ1v) is 6.66. The predicted octanol–water partition coefficient (Wildman–Crippen LogP) is 3.63. The molecule has 3 rings (SSSR count). The van der Waals surface area contributed by atoms with Gasteiger partial charge in [-0.05, 0) is 29.8 Å². The van der Waals surface area contributed by atoms with Crippen LogP contribution in [-0.4, -0.2) is 16.8 Å². The van der Waals surface area contributed by atoms with Gasteiger partial charge in [-0.15, -0.1) is 0 Å². The monoisotopic (exact) mass is 299 g/mol. The highest BCUT2D eigenvalue weighted by Gasteiger charge is 2.15. The van der Waals surface area contributed by atoms with Crippen LogP contribution in [0.25, 0.3) is 0 Å². The number of benzene rings is 2. The second kappa shape index (κ2) is 5.46. The minimum Gasteiger partial charge on any atom is -0.258 e. The Morgan fingerprint density at radius 3 is 2.62 bits per heavy atom. The SMILES string of the molecule is O=[N+]([O-])c1ccc(C2=NN=CCc3ccc(Cl)cc32)cc1. The summed E-state index contributed by atoms with van der Waals surface area (Å²) in [5, 5.41) is 19.6. The molecule has 5 nitrogen and oxygen atoms in total.